The lowest BCUT2D eigenvalue weighted by Gasteiger charge is -2.17. The van der Waals surface area contributed by atoms with E-state index in [0.717, 1.165) is 12.0 Å². The zero-order chi connectivity index (χ0) is 15.4. The highest BCUT2D eigenvalue weighted by Gasteiger charge is 2.24. The number of hydrogen-bond donors (Lipinski definition) is 1. The van der Waals surface area contributed by atoms with Crippen LogP contribution in [0.2, 0.25) is 0 Å². The van der Waals surface area contributed by atoms with E-state index in [-0.39, 0.29) is 11.7 Å². The van der Waals surface area contributed by atoms with Gasteiger partial charge in [0.15, 0.2) is 0 Å². The van der Waals surface area contributed by atoms with Crippen LogP contribution in [0.5, 0.6) is 5.75 Å². The SMILES string of the molecule is CCCc1oc(=O)c(C(CC)c2ccccc2)c(O)c1Br. The van der Waals surface area contributed by atoms with Gasteiger partial charge < -0.3 is 9.52 Å². The Kier molecular flexibility index (Phi) is 5.23. The first-order valence-electron chi connectivity index (χ1n) is 7.19. The average molecular weight is 351 g/mol. The van der Waals surface area contributed by atoms with Crippen LogP contribution in [0.1, 0.15) is 49.5 Å². The van der Waals surface area contributed by atoms with Gasteiger partial charge in [-0.2, -0.15) is 0 Å². The molecule has 0 saturated carbocycles. The minimum atomic E-state index is -0.449. The first-order valence-corrected chi connectivity index (χ1v) is 7.98. The van der Waals surface area contributed by atoms with Gasteiger partial charge in [-0.1, -0.05) is 44.2 Å². The van der Waals surface area contributed by atoms with Crippen molar-refractivity contribution >= 4 is 15.9 Å². The fraction of sp³-hybridized carbons (Fsp3) is 0.353. The smallest absolute Gasteiger partial charge is 0.343 e. The van der Waals surface area contributed by atoms with Crippen molar-refractivity contribution in [3.8, 4) is 5.75 Å². The Labute approximate surface area is 132 Å². The molecule has 3 nitrogen and oxygen atoms in total. The molecule has 0 amide bonds. The van der Waals surface area contributed by atoms with Crippen LogP contribution in [-0.4, -0.2) is 5.11 Å². The summed E-state index contributed by atoms with van der Waals surface area (Å²) >= 11 is 3.35. The molecule has 4 heteroatoms. The average Bonchev–Trinajstić information content (AvgIpc) is 2.50. The summed E-state index contributed by atoms with van der Waals surface area (Å²) in [7, 11) is 0. The predicted octanol–water partition coefficient (Wildman–Crippen LogP) is 4.60. The maximum absolute atomic E-state index is 12.3. The molecule has 0 aliphatic rings. The molecular weight excluding hydrogens is 332 g/mol. The maximum Gasteiger partial charge on any atom is 0.343 e. The van der Waals surface area contributed by atoms with E-state index in [1.807, 2.05) is 44.2 Å². The summed E-state index contributed by atoms with van der Waals surface area (Å²) in [5.74, 6) is 0.339. The van der Waals surface area contributed by atoms with E-state index in [0.29, 0.717) is 28.6 Å². The van der Waals surface area contributed by atoms with Gasteiger partial charge >= 0.3 is 5.63 Å². The lowest BCUT2D eigenvalue weighted by molar-refractivity contribution is 0.400. The summed E-state index contributed by atoms with van der Waals surface area (Å²) in [6, 6.07) is 9.70. The molecule has 21 heavy (non-hydrogen) atoms. The van der Waals surface area contributed by atoms with E-state index in [1.165, 1.54) is 0 Å². The van der Waals surface area contributed by atoms with Crippen LogP contribution >= 0.6 is 15.9 Å². The standard InChI is InChI=1S/C17H19BrO3/c1-3-8-13-15(18)16(19)14(17(20)21-13)12(4-2)11-9-6-5-7-10-11/h5-7,9-10,12,19H,3-4,8H2,1-2H3. The van der Waals surface area contributed by atoms with Crippen LogP contribution < -0.4 is 5.63 Å². The van der Waals surface area contributed by atoms with Crippen molar-refractivity contribution in [1.82, 2.24) is 0 Å². The van der Waals surface area contributed by atoms with Crippen molar-refractivity contribution in [3.63, 3.8) is 0 Å². The molecular formula is C17H19BrO3. The maximum atomic E-state index is 12.3. The zero-order valence-corrected chi connectivity index (χ0v) is 13.8. The summed E-state index contributed by atoms with van der Waals surface area (Å²) in [6.07, 6.45) is 2.17. The minimum absolute atomic E-state index is 0.00500. The van der Waals surface area contributed by atoms with E-state index in [9.17, 15) is 9.90 Å². The monoisotopic (exact) mass is 350 g/mol. The molecule has 2 rings (SSSR count). The molecule has 0 aliphatic heterocycles. The molecule has 0 spiro atoms. The van der Waals surface area contributed by atoms with Gasteiger partial charge in [0.2, 0.25) is 0 Å². The third kappa shape index (κ3) is 3.21. The highest BCUT2D eigenvalue weighted by molar-refractivity contribution is 9.10. The van der Waals surface area contributed by atoms with Crippen LogP contribution in [0, 0.1) is 0 Å². The van der Waals surface area contributed by atoms with E-state index in [2.05, 4.69) is 15.9 Å². The molecule has 1 heterocycles. The van der Waals surface area contributed by atoms with Crippen molar-refractivity contribution < 1.29 is 9.52 Å². The van der Waals surface area contributed by atoms with E-state index < -0.39 is 5.63 Å². The number of halogens is 1. The molecule has 0 fully saturated rings. The van der Waals surface area contributed by atoms with Gasteiger partial charge in [-0.3, -0.25) is 0 Å². The fourth-order valence-corrected chi connectivity index (χ4v) is 3.04. The van der Waals surface area contributed by atoms with Crippen LogP contribution in [0.15, 0.2) is 44.0 Å². The normalized spacial score (nSPS) is 12.3. The number of hydrogen-bond acceptors (Lipinski definition) is 3. The Morgan fingerprint density at radius 3 is 2.48 bits per heavy atom. The molecule has 0 radical (unpaired) electrons. The quantitative estimate of drug-likeness (QED) is 0.856. The van der Waals surface area contributed by atoms with Gasteiger partial charge in [0.1, 0.15) is 11.5 Å². The van der Waals surface area contributed by atoms with Crippen molar-refractivity contribution in [2.75, 3.05) is 0 Å². The number of rotatable bonds is 5. The third-order valence-electron chi connectivity index (χ3n) is 3.58. The number of benzene rings is 1. The molecule has 0 bridgehead atoms. The van der Waals surface area contributed by atoms with Gasteiger partial charge in [0, 0.05) is 12.3 Å². The summed E-state index contributed by atoms with van der Waals surface area (Å²) in [5.41, 5.74) is 0.878. The summed E-state index contributed by atoms with van der Waals surface area (Å²) in [4.78, 5) is 12.3. The molecule has 112 valence electrons. The summed E-state index contributed by atoms with van der Waals surface area (Å²) in [6.45, 7) is 3.99. The second-order valence-electron chi connectivity index (χ2n) is 5.01. The van der Waals surface area contributed by atoms with Gasteiger partial charge in [-0.15, -0.1) is 0 Å². The van der Waals surface area contributed by atoms with Gasteiger partial charge in [-0.05, 0) is 34.3 Å². The summed E-state index contributed by atoms with van der Waals surface area (Å²) < 4.78 is 5.90. The number of aromatic hydroxyl groups is 1. The minimum Gasteiger partial charge on any atom is -0.506 e. The van der Waals surface area contributed by atoms with Gasteiger partial charge in [-0.25, -0.2) is 4.79 Å². The molecule has 0 aliphatic carbocycles. The van der Waals surface area contributed by atoms with Crippen molar-refractivity contribution in [3.05, 3.63) is 62.1 Å². The van der Waals surface area contributed by atoms with E-state index >= 15 is 0 Å². The Bertz CT molecular complexity index is 662. The fourth-order valence-electron chi connectivity index (χ4n) is 2.55. The first-order chi connectivity index (χ1) is 10.1. The van der Waals surface area contributed by atoms with Crippen LogP contribution in [0.25, 0.3) is 0 Å². The summed E-state index contributed by atoms with van der Waals surface area (Å²) in [5, 5.41) is 10.4. The second-order valence-corrected chi connectivity index (χ2v) is 5.80. The van der Waals surface area contributed by atoms with Crippen molar-refractivity contribution in [2.45, 2.75) is 39.0 Å². The Balaban J connectivity index is 2.58. The lowest BCUT2D eigenvalue weighted by Crippen LogP contribution is -2.15. The molecule has 1 aromatic heterocycles. The highest BCUT2D eigenvalue weighted by atomic mass is 79.9. The van der Waals surface area contributed by atoms with E-state index in [1.54, 1.807) is 0 Å². The van der Waals surface area contributed by atoms with Crippen molar-refractivity contribution in [1.29, 1.82) is 0 Å². The predicted molar refractivity (Wildman–Crippen MR) is 86.9 cm³/mol. The first kappa shape index (κ1) is 15.8. The zero-order valence-electron chi connectivity index (χ0n) is 12.2. The molecule has 0 saturated heterocycles. The Morgan fingerprint density at radius 2 is 1.90 bits per heavy atom. The van der Waals surface area contributed by atoms with Gasteiger partial charge in [0.25, 0.3) is 0 Å². The third-order valence-corrected chi connectivity index (χ3v) is 4.40. The van der Waals surface area contributed by atoms with Crippen molar-refractivity contribution in [2.24, 2.45) is 0 Å². The highest BCUT2D eigenvalue weighted by Crippen LogP contribution is 2.37. The Morgan fingerprint density at radius 1 is 1.24 bits per heavy atom. The second kappa shape index (κ2) is 6.94. The molecule has 1 unspecified atom stereocenters. The molecule has 1 atom stereocenters. The van der Waals surface area contributed by atoms with E-state index in [4.69, 9.17) is 4.42 Å². The largest absolute Gasteiger partial charge is 0.506 e. The number of aryl methyl sites for hydroxylation is 1. The van der Waals surface area contributed by atoms with Crippen LogP contribution in [0.3, 0.4) is 0 Å². The van der Waals surface area contributed by atoms with Crippen LogP contribution in [0.4, 0.5) is 0 Å². The topological polar surface area (TPSA) is 50.4 Å². The van der Waals surface area contributed by atoms with Gasteiger partial charge in [0.05, 0.1) is 10.0 Å². The van der Waals surface area contributed by atoms with Crippen LogP contribution in [-0.2, 0) is 6.42 Å². The lowest BCUT2D eigenvalue weighted by atomic mass is 9.89. The molecule has 1 N–H and O–H groups in total. The Hall–Kier alpha value is -1.55. The molecule has 1 aromatic carbocycles. The molecule has 2 aromatic rings.